The zero-order valence-electron chi connectivity index (χ0n) is 20.0. The number of alkyl carbamates (subject to hydrolysis) is 1. The number of likely N-dealkylation sites (tertiary alicyclic amines) is 2. The maximum Gasteiger partial charge on any atom is 0.407 e. The molecule has 2 saturated heterocycles. The molecule has 10 heteroatoms. The summed E-state index contributed by atoms with van der Waals surface area (Å²) in [5.74, 6) is 0.782. The van der Waals surface area contributed by atoms with E-state index in [9.17, 15) is 9.59 Å². The predicted molar refractivity (Wildman–Crippen MR) is 141 cm³/mol. The number of carbonyl (C=O) groups is 2. The van der Waals surface area contributed by atoms with Crippen LogP contribution in [0.5, 0.6) is 0 Å². The number of benzene rings is 1. The van der Waals surface area contributed by atoms with Crippen LogP contribution in [-0.4, -0.2) is 72.8 Å². The van der Waals surface area contributed by atoms with Crippen LogP contribution in [0.1, 0.15) is 45.6 Å². The second-order valence-corrected chi connectivity index (χ2v) is 9.30. The van der Waals surface area contributed by atoms with Crippen molar-refractivity contribution in [1.29, 1.82) is 0 Å². The third-order valence-corrected chi connectivity index (χ3v) is 5.44. The van der Waals surface area contributed by atoms with Gasteiger partial charge in [-0.2, -0.15) is 0 Å². The summed E-state index contributed by atoms with van der Waals surface area (Å²) in [5, 5.41) is 9.31. The van der Waals surface area contributed by atoms with Crippen LogP contribution >= 0.6 is 24.0 Å². The van der Waals surface area contributed by atoms with E-state index in [0.29, 0.717) is 13.1 Å². The summed E-state index contributed by atoms with van der Waals surface area (Å²) in [6, 6.07) is 7.82. The van der Waals surface area contributed by atoms with Crippen molar-refractivity contribution in [2.75, 3.05) is 38.5 Å². The van der Waals surface area contributed by atoms with Crippen LogP contribution in [0.2, 0.25) is 0 Å². The summed E-state index contributed by atoms with van der Waals surface area (Å²) in [6.07, 6.45) is 2.58. The number of ether oxygens (including phenoxy) is 1. The first kappa shape index (κ1) is 27.0. The second-order valence-electron chi connectivity index (χ2n) is 9.30. The van der Waals surface area contributed by atoms with Crippen molar-refractivity contribution in [1.82, 2.24) is 20.4 Å². The molecule has 2 aliphatic rings. The number of hydrogen-bond donors (Lipinski definition) is 3. The van der Waals surface area contributed by atoms with Crippen molar-refractivity contribution >= 4 is 47.7 Å². The highest BCUT2D eigenvalue weighted by molar-refractivity contribution is 14.0. The smallest absolute Gasteiger partial charge is 0.407 e. The minimum atomic E-state index is -0.511. The average molecular weight is 572 g/mol. The first-order valence-electron chi connectivity index (χ1n) is 11.3. The Labute approximate surface area is 213 Å². The van der Waals surface area contributed by atoms with Gasteiger partial charge >= 0.3 is 12.1 Å². The monoisotopic (exact) mass is 572 g/mol. The Hall–Kier alpha value is -2.24. The molecule has 3 rings (SSSR count). The Morgan fingerprint density at radius 3 is 2.55 bits per heavy atom. The highest BCUT2D eigenvalue weighted by atomic mass is 127. The molecule has 0 aliphatic carbocycles. The quantitative estimate of drug-likeness (QED) is 0.291. The summed E-state index contributed by atoms with van der Waals surface area (Å²) in [5.41, 5.74) is 1.33. The minimum Gasteiger partial charge on any atom is -0.444 e. The Kier molecular flexibility index (Phi) is 10.1. The Bertz CT molecular complexity index is 836. The van der Waals surface area contributed by atoms with E-state index in [1.807, 2.05) is 49.9 Å². The molecule has 3 amide bonds. The van der Waals surface area contributed by atoms with Crippen LogP contribution in [0.25, 0.3) is 0 Å². The molecule has 9 nitrogen and oxygen atoms in total. The van der Waals surface area contributed by atoms with Crippen LogP contribution in [0.4, 0.5) is 15.3 Å². The Morgan fingerprint density at radius 2 is 1.88 bits per heavy atom. The van der Waals surface area contributed by atoms with E-state index in [-0.39, 0.29) is 42.1 Å². The molecule has 2 fully saturated rings. The van der Waals surface area contributed by atoms with Gasteiger partial charge in [0, 0.05) is 45.5 Å². The molecule has 0 bridgehead atoms. The van der Waals surface area contributed by atoms with Gasteiger partial charge in [-0.05, 0) is 57.7 Å². The van der Waals surface area contributed by atoms with Crippen molar-refractivity contribution in [3.8, 4) is 0 Å². The molecule has 2 heterocycles. The van der Waals surface area contributed by atoms with Crippen LogP contribution in [0.3, 0.4) is 0 Å². The minimum absolute atomic E-state index is 0. The van der Waals surface area contributed by atoms with E-state index in [1.54, 1.807) is 7.05 Å². The van der Waals surface area contributed by atoms with Gasteiger partial charge in [0.25, 0.3) is 0 Å². The average Bonchev–Trinajstić information content (AvgIpc) is 3.40. The zero-order chi connectivity index (χ0) is 23.1. The van der Waals surface area contributed by atoms with Gasteiger partial charge in [-0.1, -0.05) is 12.1 Å². The summed E-state index contributed by atoms with van der Waals surface area (Å²) in [6.45, 7) is 9.26. The topological polar surface area (TPSA) is 98.3 Å². The number of rotatable bonds is 4. The largest absolute Gasteiger partial charge is 0.444 e. The summed E-state index contributed by atoms with van der Waals surface area (Å²) in [4.78, 5) is 32.7. The molecule has 1 unspecified atom stereocenters. The SMILES string of the molecule is CN=C(NCc1cccc(NC(=O)N2CCCC2)c1)N1CCC(NC(=O)OC(C)(C)C)C1.I. The van der Waals surface area contributed by atoms with E-state index in [4.69, 9.17) is 4.74 Å². The lowest BCUT2D eigenvalue weighted by molar-refractivity contribution is 0.0507. The Morgan fingerprint density at radius 1 is 1.15 bits per heavy atom. The number of aliphatic imine (C=N–C) groups is 1. The Balaban J connectivity index is 0.00000385. The van der Waals surface area contributed by atoms with Crippen molar-refractivity contribution in [2.45, 2.75) is 58.2 Å². The molecule has 0 radical (unpaired) electrons. The molecule has 184 valence electrons. The maximum atomic E-state index is 12.3. The lowest BCUT2D eigenvalue weighted by Crippen LogP contribution is -2.44. The number of urea groups is 1. The molecule has 0 aromatic heterocycles. The number of halogens is 1. The molecule has 0 spiro atoms. The van der Waals surface area contributed by atoms with Gasteiger partial charge in [0.1, 0.15) is 5.60 Å². The van der Waals surface area contributed by atoms with Crippen molar-refractivity contribution < 1.29 is 14.3 Å². The lowest BCUT2D eigenvalue weighted by atomic mass is 10.2. The molecule has 1 atom stereocenters. The highest BCUT2D eigenvalue weighted by Gasteiger charge is 2.27. The van der Waals surface area contributed by atoms with E-state index >= 15 is 0 Å². The summed E-state index contributed by atoms with van der Waals surface area (Å²) in [7, 11) is 1.75. The molecule has 2 aliphatic heterocycles. The number of nitrogens with zero attached hydrogens (tertiary/aromatic N) is 3. The predicted octanol–water partition coefficient (Wildman–Crippen LogP) is 3.61. The number of nitrogens with one attached hydrogen (secondary N) is 3. The van der Waals surface area contributed by atoms with Gasteiger partial charge in [-0.15, -0.1) is 24.0 Å². The molecule has 1 aromatic carbocycles. The molecule has 3 N–H and O–H groups in total. The van der Waals surface area contributed by atoms with E-state index in [1.165, 1.54) is 0 Å². The summed E-state index contributed by atoms with van der Waals surface area (Å²) >= 11 is 0. The van der Waals surface area contributed by atoms with Gasteiger partial charge < -0.3 is 30.5 Å². The lowest BCUT2D eigenvalue weighted by Gasteiger charge is -2.23. The number of hydrogen-bond acceptors (Lipinski definition) is 4. The van der Waals surface area contributed by atoms with Gasteiger partial charge in [0.15, 0.2) is 5.96 Å². The van der Waals surface area contributed by atoms with Gasteiger partial charge in [-0.25, -0.2) is 9.59 Å². The van der Waals surface area contributed by atoms with Crippen molar-refractivity contribution in [2.24, 2.45) is 4.99 Å². The third-order valence-electron chi connectivity index (χ3n) is 5.44. The van der Waals surface area contributed by atoms with Crippen LogP contribution in [0, 0.1) is 0 Å². The van der Waals surface area contributed by atoms with Gasteiger partial charge in [0.05, 0.1) is 6.04 Å². The van der Waals surface area contributed by atoms with Gasteiger partial charge in [-0.3, -0.25) is 4.99 Å². The van der Waals surface area contributed by atoms with Crippen molar-refractivity contribution in [3.05, 3.63) is 29.8 Å². The fourth-order valence-corrected chi connectivity index (χ4v) is 3.94. The zero-order valence-corrected chi connectivity index (χ0v) is 22.3. The maximum absolute atomic E-state index is 12.3. The van der Waals surface area contributed by atoms with Crippen molar-refractivity contribution in [3.63, 3.8) is 0 Å². The number of guanidine groups is 1. The number of carbonyl (C=O) groups excluding carboxylic acids is 2. The molecule has 33 heavy (non-hydrogen) atoms. The van der Waals surface area contributed by atoms with E-state index in [2.05, 4.69) is 25.8 Å². The van der Waals surface area contributed by atoms with E-state index < -0.39 is 5.60 Å². The molecule has 1 aromatic rings. The first-order valence-corrected chi connectivity index (χ1v) is 11.3. The number of amides is 3. The highest BCUT2D eigenvalue weighted by Crippen LogP contribution is 2.15. The standard InChI is InChI=1S/C23H36N6O3.HI/c1-23(2,3)32-22(31)27-19-10-13-29(16-19)20(24-4)25-15-17-8-7-9-18(14-17)26-21(30)28-11-5-6-12-28;/h7-9,14,19H,5-6,10-13,15-16H2,1-4H3,(H,24,25)(H,26,30)(H,27,31);1H. The summed E-state index contributed by atoms with van der Waals surface area (Å²) < 4.78 is 5.35. The second kappa shape index (κ2) is 12.3. The van der Waals surface area contributed by atoms with E-state index in [0.717, 1.165) is 56.1 Å². The normalized spacial score (nSPS) is 18.5. The van der Waals surface area contributed by atoms with Crippen LogP contribution in [-0.2, 0) is 11.3 Å². The molecular weight excluding hydrogens is 535 g/mol. The third kappa shape index (κ3) is 8.56. The number of anilines is 1. The fraction of sp³-hybridized carbons (Fsp3) is 0.609. The van der Waals surface area contributed by atoms with Crippen LogP contribution in [0.15, 0.2) is 29.3 Å². The first-order chi connectivity index (χ1) is 15.2. The fourth-order valence-electron chi connectivity index (χ4n) is 3.94. The molecule has 0 saturated carbocycles. The van der Waals surface area contributed by atoms with Gasteiger partial charge in [0.2, 0.25) is 0 Å². The molecular formula is C23H37IN6O3. The van der Waals surface area contributed by atoms with Crippen LogP contribution < -0.4 is 16.0 Å².